The van der Waals surface area contributed by atoms with E-state index >= 15 is 0 Å². The second-order valence-corrected chi connectivity index (χ2v) is 5.10. The molecule has 0 aliphatic rings. The summed E-state index contributed by atoms with van der Waals surface area (Å²) in [5.41, 5.74) is 7.77. The van der Waals surface area contributed by atoms with E-state index in [0.29, 0.717) is 6.54 Å². The predicted molar refractivity (Wildman–Crippen MR) is 67.0 cm³/mol. The third kappa shape index (κ3) is 2.87. The van der Waals surface area contributed by atoms with Crippen molar-refractivity contribution in [1.29, 1.82) is 0 Å². The SMILES string of the molecule is NCc1csc(Cc2ccc(Br)cc2)n1. The molecular formula is C11H11BrN2S. The molecule has 0 amide bonds. The molecular weight excluding hydrogens is 272 g/mol. The van der Waals surface area contributed by atoms with E-state index in [4.69, 9.17) is 5.73 Å². The molecule has 1 aromatic carbocycles. The van der Waals surface area contributed by atoms with Crippen LogP contribution in [0.25, 0.3) is 0 Å². The summed E-state index contributed by atoms with van der Waals surface area (Å²) < 4.78 is 1.10. The molecule has 1 heterocycles. The smallest absolute Gasteiger partial charge is 0.0972 e. The lowest BCUT2D eigenvalue weighted by Gasteiger charge is -1.97. The van der Waals surface area contributed by atoms with Gasteiger partial charge in [0.25, 0.3) is 0 Å². The maximum atomic E-state index is 5.51. The fourth-order valence-electron chi connectivity index (χ4n) is 1.30. The Hall–Kier alpha value is -0.710. The lowest BCUT2D eigenvalue weighted by atomic mass is 10.2. The first-order valence-electron chi connectivity index (χ1n) is 4.65. The van der Waals surface area contributed by atoms with Gasteiger partial charge in [-0.25, -0.2) is 4.98 Å². The maximum absolute atomic E-state index is 5.51. The normalized spacial score (nSPS) is 10.5. The minimum absolute atomic E-state index is 0.525. The fourth-order valence-corrected chi connectivity index (χ4v) is 2.41. The summed E-state index contributed by atoms with van der Waals surface area (Å²) >= 11 is 5.09. The molecule has 0 bridgehead atoms. The number of thiazole rings is 1. The average molecular weight is 283 g/mol. The van der Waals surface area contributed by atoms with Gasteiger partial charge < -0.3 is 5.73 Å². The Morgan fingerprint density at radius 1 is 1.27 bits per heavy atom. The van der Waals surface area contributed by atoms with Gasteiger partial charge in [-0.2, -0.15) is 0 Å². The van der Waals surface area contributed by atoms with Gasteiger partial charge in [-0.1, -0.05) is 28.1 Å². The van der Waals surface area contributed by atoms with Crippen LogP contribution in [0.3, 0.4) is 0 Å². The number of halogens is 1. The Balaban J connectivity index is 2.11. The summed E-state index contributed by atoms with van der Waals surface area (Å²) in [6.07, 6.45) is 0.887. The first kappa shape index (κ1) is 10.8. The minimum atomic E-state index is 0.525. The Kier molecular flexibility index (Phi) is 3.51. The van der Waals surface area contributed by atoms with Crippen LogP contribution in [0.4, 0.5) is 0 Å². The Labute approximate surface area is 101 Å². The third-order valence-electron chi connectivity index (χ3n) is 2.08. The summed E-state index contributed by atoms with van der Waals surface area (Å²) in [6, 6.07) is 8.31. The second-order valence-electron chi connectivity index (χ2n) is 3.24. The molecule has 2 rings (SSSR count). The van der Waals surface area contributed by atoms with E-state index in [1.807, 2.05) is 17.5 Å². The zero-order valence-electron chi connectivity index (χ0n) is 8.11. The Morgan fingerprint density at radius 3 is 2.60 bits per heavy atom. The van der Waals surface area contributed by atoms with Crippen LogP contribution < -0.4 is 5.73 Å². The molecule has 0 saturated carbocycles. The standard InChI is InChI=1S/C11H11BrN2S/c12-9-3-1-8(2-4-9)5-11-14-10(6-13)7-15-11/h1-4,7H,5-6,13H2. The van der Waals surface area contributed by atoms with Crippen molar-refractivity contribution in [3.63, 3.8) is 0 Å². The number of aromatic nitrogens is 1. The quantitative estimate of drug-likeness (QED) is 0.940. The molecule has 2 nitrogen and oxygen atoms in total. The molecule has 0 atom stereocenters. The molecule has 15 heavy (non-hydrogen) atoms. The summed E-state index contributed by atoms with van der Waals surface area (Å²) in [4.78, 5) is 4.43. The largest absolute Gasteiger partial charge is 0.325 e. The van der Waals surface area contributed by atoms with E-state index in [9.17, 15) is 0 Å². The molecule has 0 fully saturated rings. The van der Waals surface area contributed by atoms with Crippen molar-refractivity contribution in [2.75, 3.05) is 0 Å². The lowest BCUT2D eigenvalue weighted by Crippen LogP contribution is -1.96. The summed E-state index contributed by atoms with van der Waals surface area (Å²) in [5, 5.41) is 3.14. The highest BCUT2D eigenvalue weighted by molar-refractivity contribution is 9.10. The van der Waals surface area contributed by atoms with Crippen molar-refractivity contribution in [2.45, 2.75) is 13.0 Å². The summed E-state index contributed by atoms with van der Waals surface area (Å²) in [5.74, 6) is 0. The average Bonchev–Trinajstić information content (AvgIpc) is 2.69. The minimum Gasteiger partial charge on any atom is -0.325 e. The molecule has 0 spiro atoms. The van der Waals surface area contributed by atoms with Gasteiger partial charge in [0.15, 0.2) is 0 Å². The second kappa shape index (κ2) is 4.88. The molecule has 0 aliphatic carbocycles. The van der Waals surface area contributed by atoms with Crippen LogP contribution >= 0.6 is 27.3 Å². The molecule has 2 aromatic rings. The van der Waals surface area contributed by atoms with Crippen LogP contribution in [0, 0.1) is 0 Å². The lowest BCUT2D eigenvalue weighted by molar-refractivity contribution is 0.982. The molecule has 4 heteroatoms. The zero-order valence-corrected chi connectivity index (χ0v) is 10.5. The van der Waals surface area contributed by atoms with Gasteiger partial charge in [0.2, 0.25) is 0 Å². The number of rotatable bonds is 3. The van der Waals surface area contributed by atoms with Gasteiger partial charge in [-0.3, -0.25) is 0 Å². The summed E-state index contributed by atoms with van der Waals surface area (Å²) in [7, 11) is 0. The highest BCUT2D eigenvalue weighted by Crippen LogP contribution is 2.16. The van der Waals surface area contributed by atoms with Crippen LogP contribution in [0.5, 0.6) is 0 Å². The van der Waals surface area contributed by atoms with Crippen LogP contribution in [0.15, 0.2) is 34.1 Å². The van der Waals surface area contributed by atoms with E-state index in [-0.39, 0.29) is 0 Å². The molecule has 1 aromatic heterocycles. The number of benzene rings is 1. The van der Waals surface area contributed by atoms with Crippen molar-refractivity contribution >= 4 is 27.3 Å². The Bertz CT molecular complexity index is 436. The highest BCUT2D eigenvalue weighted by Gasteiger charge is 2.01. The summed E-state index contributed by atoms with van der Waals surface area (Å²) in [6.45, 7) is 0.525. The van der Waals surface area contributed by atoms with Crippen molar-refractivity contribution in [3.05, 3.63) is 50.4 Å². The molecule has 0 unspecified atom stereocenters. The number of hydrogen-bond donors (Lipinski definition) is 1. The van der Waals surface area contributed by atoms with E-state index in [2.05, 4.69) is 33.0 Å². The highest BCUT2D eigenvalue weighted by atomic mass is 79.9. The first-order valence-corrected chi connectivity index (χ1v) is 6.33. The molecule has 2 N–H and O–H groups in total. The van der Waals surface area contributed by atoms with Crippen molar-refractivity contribution in [3.8, 4) is 0 Å². The van der Waals surface area contributed by atoms with Crippen LogP contribution in [0.2, 0.25) is 0 Å². The van der Waals surface area contributed by atoms with E-state index < -0.39 is 0 Å². The first-order chi connectivity index (χ1) is 7.28. The van der Waals surface area contributed by atoms with Crippen LogP contribution in [-0.2, 0) is 13.0 Å². The van der Waals surface area contributed by atoms with Gasteiger partial charge in [-0.15, -0.1) is 11.3 Å². The fraction of sp³-hybridized carbons (Fsp3) is 0.182. The van der Waals surface area contributed by atoms with Gasteiger partial charge >= 0.3 is 0 Å². The zero-order chi connectivity index (χ0) is 10.7. The number of nitrogens with two attached hydrogens (primary N) is 1. The van der Waals surface area contributed by atoms with Crippen LogP contribution in [0.1, 0.15) is 16.3 Å². The van der Waals surface area contributed by atoms with E-state index in [1.165, 1.54) is 5.56 Å². The number of nitrogens with zero attached hydrogens (tertiary/aromatic N) is 1. The maximum Gasteiger partial charge on any atom is 0.0972 e. The van der Waals surface area contributed by atoms with Gasteiger partial charge in [0.1, 0.15) is 0 Å². The van der Waals surface area contributed by atoms with Gasteiger partial charge in [0.05, 0.1) is 10.7 Å². The van der Waals surface area contributed by atoms with Gasteiger partial charge in [-0.05, 0) is 17.7 Å². The van der Waals surface area contributed by atoms with E-state index in [0.717, 1.165) is 21.6 Å². The van der Waals surface area contributed by atoms with Crippen molar-refractivity contribution < 1.29 is 0 Å². The van der Waals surface area contributed by atoms with Crippen LogP contribution in [-0.4, -0.2) is 4.98 Å². The monoisotopic (exact) mass is 282 g/mol. The van der Waals surface area contributed by atoms with E-state index in [1.54, 1.807) is 11.3 Å². The predicted octanol–water partition coefficient (Wildman–Crippen LogP) is 2.96. The molecule has 78 valence electrons. The molecule has 0 radical (unpaired) electrons. The van der Waals surface area contributed by atoms with Gasteiger partial charge in [0, 0.05) is 22.8 Å². The topological polar surface area (TPSA) is 38.9 Å². The number of hydrogen-bond acceptors (Lipinski definition) is 3. The molecule has 0 aliphatic heterocycles. The van der Waals surface area contributed by atoms with Crippen molar-refractivity contribution in [1.82, 2.24) is 4.98 Å². The molecule has 0 saturated heterocycles. The van der Waals surface area contributed by atoms with Crippen molar-refractivity contribution in [2.24, 2.45) is 5.73 Å². The Morgan fingerprint density at radius 2 is 2.00 bits per heavy atom. The third-order valence-corrected chi connectivity index (χ3v) is 3.50.